The van der Waals surface area contributed by atoms with E-state index >= 15 is 0 Å². The molecule has 8 nitrogen and oxygen atoms in total. The van der Waals surface area contributed by atoms with Crippen LogP contribution in [0, 0.1) is 11.8 Å². The van der Waals surface area contributed by atoms with Crippen LogP contribution in [0.1, 0.15) is 31.2 Å². The number of benzene rings is 2. The fourth-order valence-electron chi connectivity index (χ4n) is 4.05. The Kier molecular flexibility index (Phi) is 9.44. The molecule has 1 aliphatic carbocycles. The van der Waals surface area contributed by atoms with Crippen LogP contribution in [0.25, 0.3) is 0 Å². The van der Waals surface area contributed by atoms with Gasteiger partial charge >= 0.3 is 6.03 Å². The largest absolute Gasteiger partial charge is 0.493 e. The van der Waals surface area contributed by atoms with E-state index in [1.807, 2.05) is 18.2 Å². The first kappa shape index (κ1) is 26.1. The smallest absolute Gasteiger partial charge is 0.315 e. The summed E-state index contributed by atoms with van der Waals surface area (Å²) in [6.07, 6.45) is 3.69. The predicted octanol–water partition coefficient (Wildman–Crippen LogP) is 3.94. The van der Waals surface area contributed by atoms with Gasteiger partial charge in [0.05, 0.1) is 19.1 Å². The van der Waals surface area contributed by atoms with Crippen molar-refractivity contribution in [2.45, 2.75) is 37.1 Å². The topological polar surface area (TPSA) is 106 Å². The van der Waals surface area contributed by atoms with Crippen LogP contribution in [0.2, 0.25) is 5.02 Å². The third kappa shape index (κ3) is 7.25. The standard InChI is InChI=1S/C24H32ClN3O5S/c1-32-22-12-11-20(13-23(22)33-2)34(30,31)28-15-18-9-7-17(8-10-18)14-26-24(29)27-16-19-5-3-4-6-21(19)25/h3-6,11-13,17-18,28H,7-10,14-16H2,1-2H3,(H2,26,27,29). The minimum Gasteiger partial charge on any atom is -0.493 e. The Labute approximate surface area is 206 Å². The highest BCUT2D eigenvalue weighted by Crippen LogP contribution is 2.30. The first-order chi connectivity index (χ1) is 16.3. The molecule has 0 atom stereocenters. The van der Waals surface area contributed by atoms with Crippen LogP contribution >= 0.6 is 11.6 Å². The normalized spacial score (nSPS) is 18.2. The third-order valence-electron chi connectivity index (χ3n) is 6.14. The Morgan fingerprint density at radius 2 is 1.59 bits per heavy atom. The van der Waals surface area contributed by atoms with E-state index in [2.05, 4.69) is 15.4 Å². The second-order valence-electron chi connectivity index (χ2n) is 8.41. The van der Waals surface area contributed by atoms with Gasteiger partial charge in [-0.3, -0.25) is 0 Å². The molecule has 2 aromatic rings. The molecule has 0 bridgehead atoms. The van der Waals surface area contributed by atoms with E-state index in [9.17, 15) is 13.2 Å². The summed E-state index contributed by atoms with van der Waals surface area (Å²) in [6.45, 7) is 1.35. The third-order valence-corrected chi connectivity index (χ3v) is 7.93. The fraction of sp³-hybridized carbons (Fsp3) is 0.458. The summed E-state index contributed by atoms with van der Waals surface area (Å²) in [5.41, 5.74) is 0.871. The predicted molar refractivity (Wildman–Crippen MR) is 132 cm³/mol. The Morgan fingerprint density at radius 3 is 2.24 bits per heavy atom. The van der Waals surface area contributed by atoms with Crippen LogP contribution in [0.5, 0.6) is 11.5 Å². The van der Waals surface area contributed by atoms with Crippen molar-refractivity contribution in [2.75, 3.05) is 27.3 Å². The lowest BCUT2D eigenvalue weighted by Crippen LogP contribution is -2.39. The summed E-state index contributed by atoms with van der Waals surface area (Å²) in [5, 5.41) is 6.38. The summed E-state index contributed by atoms with van der Waals surface area (Å²) in [4.78, 5) is 12.3. The number of amides is 2. The van der Waals surface area contributed by atoms with Gasteiger partial charge in [-0.2, -0.15) is 0 Å². The van der Waals surface area contributed by atoms with Crippen molar-refractivity contribution in [2.24, 2.45) is 11.8 Å². The SMILES string of the molecule is COc1ccc(S(=O)(=O)NCC2CCC(CNC(=O)NCc3ccccc3Cl)CC2)cc1OC. The van der Waals surface area contributed by atoms with Crippen molar-refractivity contribution in [3.8, 4) is 11.5 Å². The molecular formula is C24H32ClN3O5S. The zero-order chi connectivity index (χ0) is 24.6. The number of hydrogen-bond donors (Lipinski definition) is 3. The minimum absolute atomic E-state index is 0.144. The molecular weight excluding hydrogens is 478 g/mol. The zero-order valence-corrected chi connectivity index (χ0v) is 21.0. The minimum atomic E-state index is -3.64. The van der Waals surface area contributed by atoms with Crippen molar-refractivity contribution >= 4 is 27.7 Å². The van der Waals surface area contributed by atoms with Crippen molar-refractivity contribution < 1.29 is 22.7 Å². The van der Waals surface area contributed by atoms with E-state index in [4.69, 9.17) is 21.1 Å². The Hall–Kier alpha value is -2.49. The number of urea groups is 1. The Bertz CT molecular complexity index is 1070. The second-order valence-corrected chi connectivity index (χ2v) is 10.6. The van der Waals surface area contributed by atoms with E-state index in [1.165, 1.54) is 26.4 Å². The van der Waals surface area contributed by atoms with E-state index in [-0.39, 0.29) is 16.8 Å². The molecule has 1 aliphatic rings. The molecule has 3 N–H and O–H groups in total. The van der Waals surface area contributed by atoms with Gasteiger partial charge in [0.1, 0.15) is 0 Å². The summed E-state index contributed by atoms with van der Waals surface area (Å²) >= 11 is 6.11. The maximum atomic E-state index is 12.7. The molecule has 10 heteroatoms. The summed E-state index contributed by atoms with van der Waals surface area (Å²) in [6, 6.07) is 11.7. The van der Waals surface area contributed by atoms with Gasteiger partial charge in [-0.25, -0.2) is 17.9 Å². The van der Waals surface area contributed by atoms with E-state index < -0.39 is 10.0 Å². The molecule has 34 heavy (non-hydrogen) atoms. The molecule has 2 amide bonds. The van der Waals surface area contributed by atoms with Crippen LogP contribution in [0.4, 0.5) is 4.79 Å². The van der Waals surface area contributed by atoms with Gasteiger partial charge in [0, 0.05) is 30.7 Å². The average Bonchev–Trinajstić information content (AvgIpc) is 2.86. The maximum Gasteiger partial charge on any atom is 0.315 e. The summed E-state index contributed by atoms with van der Waals surface area (Å²) in [7, 11) is -0.672. The van der Waals surface area contributed by atoms with Gasteiger partial charge in [0.25, 0.3) is 0 Å². The van der Waals surface area contributed by atoms with Gasteiger partial charge in [-0.05, 0) is 61.3 Å². The molecule has 186 valence electrons. The first-order valence-electron chi connectivity index (χ1n) is 11.3. The molecule has 0 spiro atoms. The fourth-order valence-corrected chi connectivity index (χ4v) is 5.38. The van der Waals surface area contributed by atoms with Crippen LogP contribution in [-0.4, -0.2) is 41.8 Å². The van der Waals surface area contributed by atoms with Crippen LogP contribution in [-0.2, 0) is 16.6 Å². The number of carbonyl (C=O) groups excluding carboxylic acids is 1. The van der Waals surface area contributed by atoms with Crippen LogP contribution in [0.15, 0.2) is 47.4 Å². The average molecular weight is 510 g/mol. The highest BCUT2D eigenvalue weighted by atomic mass is 35.5. The highest BCUT2D eigenvalue weighted by molar-refractivity contribution is 7.89. The molecule has 0 saturated heterocycles. The van der Waals surface area contributed by atoms with E-state index in [0.29, 0.717) is 42.1 Å². The number of rotatable bonds is 10. The van der Waals surface area contributed by atoms with Crippen molar-refractivity contribution in [3.63, 3.8) is 0 Å². The van der Waals surface area contributed by atoms with Gasteiger partial charge in [-0.15, -0.1) is 0 Å². The lowest BCUT2D eigenvalue weighted by molar-refractivity contribution is 0.230. The van der Waals surface area contributed by atoms with Crippen LogP contribution in [0.3, 0.4) is 0 Å². The lowest BCUT2D eigenvalue weighted by atomic mass is 9.82. The summed E-state index contributed by atoms with van der Waals surface area (Å²) < 4.78 is 38.5. The van der Waals surface area contributed by atoms with Gasteiger partial charge in [0.2, 0.25) is 10.0 Å². The molecule has 1 saturated carbocycles. The zero-order valence-electron chi connectivity index (χ0n) is 19.5. The molecule has 1 fully saturated rings. The number of hydrogen-bond acceptors (Lipinski definition) is 5. The first-order valence-corrected chi connectivity index (χ1v) is 13.1. The number of carbonyl (C=O) groups is 1. The van der Waals surface area contributed by atoms with E-state index in [1.54, 1.807) is 12.1 Å². The molecule has 0 radical (unpaired) electrons. The molecule has 0 heterocycles. The maximum absolute atomic E-state index is 12.7. The highest BCUT2D eigenvalue weighted by Gasteiger charge is 2.24. The Morgan fingerprint density at radius 1 is 0.941 bits per heavy atom. The molecule has 0 unspecified atom stereocenters. The Balaban J connectivity index is 1.38. The quantitative estimate of drug-likeness (QED) is 0.450. The van der Waals surface area contributed by atoms with E-state index in [0.717, 1.165) is 31.2 Å². The molecule has 3 rings (SSSR count). The lowest BCUT2D eigenvalue weighted by Gasteiger charge is -2.28. The molecule has 2 aromatic carbocycles. The number of sulfonamides is 1. The van der Waals surface area contributed by atoms with Crippen molar-refractivity contribution in [1.29, 1.82) is 0 Å². The monoisotopic (exact) mass is 509 g/mol. The van der Waals surface area contributed by atoms with Crippen molar-refractivity contribution in [1.82, 2.24) is 15.4 Å². The number of ether oxygens (including phenoxy) is 2. The van der Waals surface area contributed by atoms with Gasteiger partial charge in [0.15, 0.2) is 11.5 Å². The number of halogens is 1. The van der Waals surface area contributed by atoms with Crippen molar-refractivity contribution in [3.05, 3.63) is 53.1 Å². The summed E-state index contributed by atoms with van der Waals surface area (Å²) in [5.74, 6) is 1.49. The number of methoxy groups -OCH3 is 2. The van der Waals surface area contributed by atoms with Gasteiger partial charge in [-0.1, -0.05) is 29.8 Å². The van der Waals surface area contributed by atoms with Gasteiger partial charge < -0.3 is 20.1 Å². The second kappa shape index (κ2) is 12.3. The number of nitrogens with one attached hydrogen (secondary N) is 3. The van der Waals surface area contributed by atoms with Crippen LogP contribution < -0.4 is 24.8 Å². The molecule has 0 aromatic heterocycles. The molecule has 0 aliphatic heterocycles.